The third-order valence-corrected chi connectivity index (χ3v) is 5.18. The van der Waals surface area contributed by atoms with Crippen molar-refractivity contribution in [1.82, 2.24) is 9.80 Å². The van der Waals surface area contributed by atoms with Crippen LogP contribution >= 0.6 is 0 Å². The molecule has 4 nitrogen and oxygen atoms in total. The summed E-state index contributed by atoms with van der Waals surface area (Å²) < 4.78 is 5.20. The van der Waals surface area contributed by atoms with Gasteiger partial charge in [0, 0.05) is 31.7 Å². The van der Waals surface area contributed by atoms with Crippen LogP contribution in [0.15, 0.2) is 0 Å². The van der Waals surface area contributed by atoms with Gasteiger partial charge in [0.25, 0.3) is 0 Å². The molecular formula is C16H30N2O2. The van der Waals surface area contributed by atoms with E-state index in [-0.39, 0.29) is 11.5 Å². The highest BCUT2D eigenvalue weighted by molar-refractivity contribution is 5.71. The molecule has 2 fully saturated rings. The highest BCUT2D eigenvalue weighted by atomic mass is 16.5. The second-order valence-corrected chi connectivity index (χ2v) is 6.91. The maximum Gasteiger partial charge on any atom is 0.307 e. The first-order valence-electron chi connectivity index (χ1n) is 8.06. The Labute approximate surface area is 123 Å². The summed E-state index contributed by atoms with van der Waals surface area (Å²) in [4.78, 5) is 16.9. The van der Waals surface area contributed by atoms with E-state index in [1.54, 1.807) is 0 Å². The lowest BCUT2D eigenvalue weighted by Crippen LogP contribution is -2.63. The normalized spacial score (nSPS) is 32.1. The van der Waals surface area contributed by atoms with E-state index >= 15 is 0 Å². The summed E-state index contributed by atoms with van der Waals surface area (Å²) in [5.74, 6) is 1.47. The van der Waals surface area contributed by atoms with E-state index in [0.29, 0.717) is 13.0 Å². The SMILES string of the molecule is CCOC(=O)CC1(N2CCN(C)CC2)CC(C(C)C)C1. The quantitative estimate of drug-likeness (QED) is 0.722. The summed E-state index contributed by atoms with van der Waals surface area (Å²) in [7, 11) is 2.17. The summed E-state index contributed by atoms with van der Waals surface area (Å²) in [5, 5.41) is 0. The number of carbonyl (C=O) groups excluding carboxylic acids is 1. The Morgan fingerprint density at radius 3 is 2.35 bits per heavy atom. The molecule has 2 aliphatic rings. The summed E-state index contributed by atoms with van der Waals surface area (Å²) in [6, 6.07) is 0. The lowest BCUT2D eigenvalue weighted by atomic mass is 9.61. The van der Waals surface area contributed by atoms with Gasteiger partial charge in [-0.1, -0.05) is 13.8 Å². The number of rotatable bonds is 5. The lowest BCUT2D eigenvalue weighted by Gasteiger charge is -2.57. The zero-order valence-corrected chi connectivity index (χ0v) is 13.5. The Hall–Kier alpha value is -0.610. The van der Waals surface area contributed by atoms with Crippen LogP contribution in [0.3, 0.4) is 0 Å². The molecule has 0 bridgehead atoms. The molecule has 1 aliphatic carbocycles. The van der Waals surface area contributed by atoms with Crippen LogP contribution in [0.25, 0.3) is 0 Å². The molecule has 0 unspecified atom stereocenters. The Bertz CT molecular complexity index is 329. The van der Waals surface area contributed by atoms with Gasteiger partial charge in [-0.3, -0.25) is 9.69 Å². The predicted molar refractivity (Wildman–Crippen MR) is 80.6 cm³/mol. The van der Waals surface area contributed by atoms with E-state index in [1.807, 2.05) is 6.92 Å². The predicted octanol–water partition coefficient (Wildman–Crippen LogP) is 1.99. The Balaban J connectivity index is 2.00. The van der Waals surface area contributed by atoms with Gasteiger partial charge in [-0.15, -0.1) is 0 Å². The fourth-order valence-electron chi connectivity index (χ4n) is 3.66. The topological polar surface area (TPSA) is 32.8 Å². The molecule has 0 atom stereocenters. The van der Waals surface area contributed by atoms with Crippen LogP contribution in [0, 0.1) is 11.8 Å². The average Bonchev–Trinajstić information content (AvgIpc) is 2.34. The number of hydrogen-bond acceptors (Lipinski definition) is 4. The average molecular weight is 282 g/mol. The van der Waals surface area contributed by atoms with Crippen LogP contribution in [0.4, 0.5) is 0 Å². The Morgan fingerprint density at radius 1 is 1.25 bits per heavy atom. The van der Waals surface area contributed by atoms with Crippen molar-refractivity contribution in [3.63, 3.8) is 0 Å². The first-order valence-corrected chi connectivity index (χ1v) is 8.06. The van der Waals surface area contributed by atoms with Gasteiger partial charge < -0.3 is 9.64 Å². The maximum atomic E-state index is 12.0. The molecule has 0 aromatic rings. The van der Waals surface area contributed by atoms with Crippen LogP contribution in [0.1, 0.15) is 40.0 Å². The molecule has 0 N–H and O–H groups in total. The molecule has 2 rings (SSSR count). The third kappa shape index (κ3) is 3.34. The minimum atomic E-state index is -0.0198. The minimum absolute atomic E-state index is 0.0198. The van der Waals surface area contributed by atoms with Crippen molar-refractivity contribution < 1.29 is 9.53 Å². The molecule has 1 saturated carbocycles. The van der Waals surface area contributed by atoms with Crippen molar-refractivity contribution in [2.45, 2.75) is 45.6 Å². The van der Waals surface area contributed by atoms with Crippen LogP contribution < -0.4 is 0 Å². The first-order chi connectivity index (χ1) is 9.47. The van der Waals surface area contributed by atoms with Crippen LogP contribution in [0.5, 0.6) is 0 Å². The highest BCUT2D eigenvalue weighted by Gasteiger charge is 2.50. The molecule has 0 aromatic heterocycles. The maximum absolute atomic E-state index is 12.0. The van der Waals surface area contributed by atoms with Gasteiger partial charge in [0.05, 0.1) is 13.0 Å². The van der Waals surface area contributed by atoms with Crippen molar-refractivity contribution in [3.8, 4) is 0 Å². The van der Waals surface area contributed by atoms with Crippen LogP contribution in [-0.2, 0) is 9.53 Å². The van der Waals surface area contributed by atoms with E-state index in [1.165, 1.54) is 0 Å². The second kappa shape index (κ2) is 6.44. The minimum Gasteiger partial charge on any atom is -0.466 e. The van der Waals surface area contributed by atoms with Gasteiger partial charge in [-0.2, -0.15) is 0 Å². The molecule has 1 heterocycles. The highest BCUT2D eigenvalue weighted by Crippen LogP contribution is 2.48. The molecule has 0 spiro atoms. The molecule has 0 radical (unpaired) electrons. The van der Waals surface area contributed by atoms with Crippen molar-refractivity contribution in [2.75, 3.05) is 39.8 Å². The first kappa shape index (κ1) is 15.8. The number of likely N-dealkylation sites (N-methyl/N-ethyl adjacent to an activating group) is 1. The van der Waals surface area contributed by atoms with Gasteiger partial charge in [0.1, 0.15) is 0 Å². The van der Waals surface area contributed by atoms with E-state index in [9.17, 15) is 4.79 Å². The van der Waals surface area contributed by atoms with E-state index in [0.717, 1.165) is 50.9 Å². The van der Waals surface area contributed by atoms with Gasteiger partial charge >= 0.3 is 5.97 Å². The summed E-state index contributed by atoms with van der Waals surface area (Å²) >= 11 is 0. The van der Waals surface area contributed by atoms with Crippen molar-refractivity contribution in [1.29, 1.82) is 0 Å². The number of piperazine rings is 1. The van der Waals surface area contributed by atoms with Crippen molar-refractivity contribution in [3.05, 3.63) is 0 Å². The number of esters is 1. The molecular weight excluding hydrogens is 252 g/mol. The van der Waals surface area contributed by atoms with Gasteiger partial charge in [-0.05, 0) is 38.6 Å². The molecule has 0 aromatic carbocycles. The molecule has 1 saturated heterocycles. The van der Waals surface area contributed by atoms with Gasteiger partial charge in [-0.25, -0.2) is 0 Å². The third-order valence-electron chi connectivity index (χ3n) is 5.18. The van der Waals surface area contributed by atoms with Crippen LogP contribution in [0.2, 0.25) is 0 Å². The lowest BCUT2D eigenvalue weighted by molar-refractivity contribution is -0.152. The van der Waals surface area contributed by atoms with E-state index in [4.69, 9.17) is 4.74 Å². The van der Waals surface area contributed by atoms with E-state index in [2.05, 4.69) is 30.7 Å². The summed E-state index contributed by atoms with van der Waals surface area (Å²) in [6.07, 6.45) is 2.90. The van der Waals surface area contributed by atoms with Gasteiger partial charge in [0.2, 0.25) is 0 Å². The monoisotopic (exact) mass is 282 g/mol. The number of hydrogen-bond donors (Lipinski definition) is 0. The number of carbonyl (C=O) groups is 1. The largest absolute Gasteiger partial charge is 0.466 e. The molecule has 116 valence electrons. The number of ether oxygens (including phenoxy) is 1. The zero-order valence-electron chi connectivity index (χ0n) is 13.5. The fourth-order valence-corrected chi connectivity index (χ4v) is 3.66. The molecule has 4 heteroatoms. The second-order valence-electron chi connectivity index (χ2n) is 6.91. The molecule has 0 amide bonds. The number of nitrogens with zero attached hydrogens (tertiary/aromatic N) is 2. The van der Waals surface area contributed by atoms with Crippen LogP contribution in [-0.4, -0.2) is 61.1 Å². The van der Waals surface area contributed by atoms with E-state index < -0.39 is 0 Å². The van der Waals surface area contributed by atoms with Crippen molar-refractivity contribution in [2.24, 2.45) is 11.8 Å². The van der Waals surface area contributed by atoms with Crippen molar-refractivity contribution >= 4 is 5.97 Å². The molecule has 1 aliphatic heterocycles. The zero-order chi connectivity index (χ0) is 14.8. The Morgan fingerprint density at radius 2 is 1.85 bits per heavy atom. The standard InChI is InChI=1S/C16H30N2O2/c1-5-20-15(19)12-16(10-14(11-16)13(2)3)18-8-6-17(4)7-9-18/h13-14H,5-12H2,1-4H3. The van der Waals surface area contributed by atoms with Gasteiger partial charge in [0.15, 0.2) is 0 Å². The fraction of sp³-hybridized carbons (Fsp3) is 0.938. The molecule has 20 heavy (non-hydrogen) atoms. The summed E-state index contributed by atoms with van der Waals surface area (Å²) in [5.41, 5.74) is 0.0858. The summed E-state index contributed by atoms with van der Waals surface area (Å²) in [6.45, 7) is 11.4. The Kier molecular flexibility index (Phi) is 5.08. The smallest absolute Gasteiger partial charge is 0.307 e.